The molecular weight excluding hydrogens is 194 g/mol. The van der Waals surface area contributed by atoms with Crippen molar-refractivity contribution in [1.29, 1.82) is 0 Å². The Hall–Kier alpha value is -2.38. The van der Waals surface area contributed by atoms with Crippen LogP contribution in [0.15, 0.2) is 17.4 Å². The minimum Gasteiger partial charge on any atom is -0.480 e. The summed E-state index contributed by atoms with van der Waals surface area (Å²) in [4.78, 5) is 6.52. The first-order valence-corrected chi connectivity index (χ1v) is 4.07. The van der Waals surface area contributed by atoms with Gasteiger partial charge < -0.3 is 10.5 Å². The molecule has 0 bridgehead atoms. The van der Waals surface area contributed by atoms with Crippen LogP contribution in [0, 0.1) is 11.8 Å². The number of ether oxygens (including phenoxy) is 1. The van der Waals surface area contributed by atoms with Crippen molar-refractivity contribution in [3.63, 3.8) is 0 Å². The summed E-state index contributed by atoms with van der Waals surface area (Å²) < 4.78 is 4.89. The van der Waals surface area contributed by atoms with Crippen molar-refractivity contribution in [1.82, 2.24) is 4.98 Å². The molecule has 1 rings (SSSR count). The van der Waals surface area contributed by atoms with E-state index < -0.39 is 0 Å². The molecule has 6 nitrogen and oxygen atoms in total. The summed E-state index contributed by atoms with van der Waals surface area (Å²) >= 11 is 0. The lowest BCUT2D eigenvalue weighted by molar-refractivity contribution is 0.400. The van der Waals surface area contributed by atoms with Crippen LogP contribution in [0.1, 0.15) is 5.56 Å². The Labute approximate surface area is 86.7 Å². The molecule has 0 aliphatic heterocycles. The van der Waals surface area contributed by atoms with Gasteiger partial charge in [-0.15, -0.1) is 0 Å². The second-order valence-corrected chi connectivity index (χ2v) is 2.51. The van der Waals surface area contributed by atoms with Crippen LogP contribution in [0.3, 0.4) is 0 Å². The van der Waals surface area contributed by atoms with Crippen LogP contribution in [0.4, 0.5) is 5.69 Å². The molecule has 2 N–H and O–H groups in total. The SMILES string of the molecule is COc1ncc(C#CCN=[N+]=[N-])cc1N. The highest BCUT2D eigenvalue weighted by atomic mass is 16.5. The number of anilines is 1. The second-order valence-electron chi connectivity index (χ2n) is 2.51. The molecule has 76 valence electrons. The summed E-state index contributed by atoms with van der Waals surface area (Å²) in [6.07, 6.45) is 1.54. The van der Waals surface area contributed by atoms with Gasteiger partial charge in [0.2, 0.25) is 5.88 Å². The van der Waals surface area contributed by atoms with E-state index in [1.54, 1.807) is 6.07 Å². The van der Waals surface area contributed by atoms with Gasteiger partial charge in [0, 0.05) is 16.7 Å². The van der Waals surface area contributed by atoms with E-state index in [2.05, 4.69) is 26.9 Å². The average molecular weight is 203 g/mol. The van der Waals surface area contributed by atoms with Gasteiger partial charge in [-0.1, -0.05) is 17.0 Å². The highest BCUT2D eigenvalue weighted by Crippen LogP contribution is 2.17. The first kappa shape index (κ1) is 10.7. The van der Waals surface area contributed by atoms with E-state index in [0.29, 0.717) is 17.1 Å². The number of nitrogens with two attached hydrogens (primary N) is 1. The van der Waals surface area contributed by atoms with E-state index in [1.807, 2.05) is 0 Å². The highest BCUT2D eigenvalue weighted by molar-refractivity contribution is 5.52. The van der Waals surface area contributed by atoms with Gasteiger partial charge >= 0.3 is 0 Å². The normalized spacial score (nSPS) is 8.33. The van der Waals surface area contributed by atoms with E-state index in [1.165, 1.54) is 13.3 Å². The number of nitrogen functional groups attached to an aromatic ring is 1. The molecule has 0 aliphatic rings. The van der Waals surface area contributed by atoms with Crippen molar-refractivity contribution < 1.29 is 4.74 Å². The zero-order valence-electron chi connectivity index (χ0n) is 8.14. The van der Waals surface area contributed by atoms with Crippen molar-refractivity contribution >= 4 is 5.69 Å². The lowest BCUT2D eigenvalue weighted by atomic mass is 10.2. The zero-order valence-corrected chi connectivity index (χ0v) is 8.14. The van der Waals surface area contributed by atoms with Crippen LogP contribution in [0.5, 0.6) is 5.88 Å². The molecule has 0 aromatic carbocycles. The molecule has 0 saturated heterocycles. The van der Waals surface area contributed by atoms with Gasteiger partial charge in [0.05, 0.1) is 19.3 Å². The number of azide groups is 1. The van der Waals surface area contributed by atoms with E-state index in [-0.39, 0.29) is 6.54 Å². The molecular formula is C9H9N5O. The minimum absolute atomic E-state index is 0.127. The fourth-order valence-corrected chi connectivity index (χ4v) is 0.917. The zero-order chi connectivity index (χ0) is 11.1. The van der Waals surface area contributed by atoms with Crippen molar-refractivity contribution in [3.05, 3.63) is 28.3 Å². The molecule has 15 heavy (non-hydrogen) atoms. The van der Waals surface area contributed by atoms with Crippen LogP contribution >= 0.6 is 0 Å². The maximum Gasteiger partial charge on any atom is 0.236 e. The van der Waals surface area contributed by atoms with Crippen LogP contribution in [-0.2, 0) is 0 Å². The largest absolute Gasteiger partial charge is 0.480 e. The first-order valence-electron chi connectivity index (χ1n) is 4.07. The number of hydrogen-bond donors (Lipinski definition) is 1. The Morgan fingerprint density at radius 1 is 1.73 bits per heavy atom. The standard InChI is InChI=1S/C9H9N5O/c1-15-9-8(10)5-7(6-12-9)3-2-4-13-14-11/h5-6H,4,10H2,1H3. The summed E-state index contributed by atoms with van der Waals surface area (Å²) in [5.41, 5.74) is 14.7. The van der Waals surface area contributed by atoms with Gasteiger partial charge in [0.1, 0.15) is 0 Å². The summed E-state index contributed by atoms with van der Waals surface area (Å²) in [6, 6.07) is 1.65. The van der Waals surface area contributed by atoms with E-state index in [0.717, 1.165) is 0 Å². The molecule has 0 amide bonds. The summed E-state index contributed by atoms with van der Waals surface area (Å²) in [5, 5.41) is 3.27. The maximum atomic E-state index is 8.02. The lowest BCUT2D eigenvalue weighted by Crippen LogP contribution is -1.95. The molecule has 0 spiro atoms. The molecule has 0 atom stereocenters. The highest BCUT2D eigenvalue weighted by Gasteiger charge is 1.99. The smallest absolute Gasteiger partial charge is 0.236 e. The number of pyridine rings is 1. The van der Waals surface area contributed by atoms with Crippen LogP contribution in [0.25, 0.3) is 10.4 Å². The molecule has 0 fully saturated rings. The van der Waals surface area contributed by atoms with Gasteiger partial charge in [0.25, 0.3) is 0 Å². The second kappa shape index (κ2) is 5.37. The molecule has 0 unspecified atom stereocenters. The maximum absolute atomic E-state index is 8.02. The summed E-state index contributed by atoms with van der Waals surface area (Å²) in [7, 11) is 1.49. The predicted molar refractivity (Wildman–Crippen MR) is 56.1 cm³/mol. The lowest BCUT2D eigenvalue weighted by Gasteiger charge is -2.01. The van der Waals surface area contributed by atoms with E-state index in [4.69, 9.17) is 16.0 Å². The fraction of sp³-hybridized carbons (Fsp3) is 0.222. The Kier molecular flexibility index (Phi) is 3.83. The van der Waals surface area contributed by atoms with E-state index >= 15 is 0 Å². The summed E-state index contributed by atoms with van der Waals surface area (Å²) in [5.74, 6) is 5.79. The average Bonchev–Trinajstić information content (AvgIpc) is 2.25. The Balaban J connectivity index is 2.82. The number of methoxy groups -OCH3 is 1. The number of nitrogens with zero attached hydrogens (tertiary/aromatic N) is 4. The van der Waals surface area contributed by atoms with Crippen molar-refractivity contribution in [3.8, 4) is 17.7 Å². The molecule has 0 aliphatic carbocycles. The van der Waals surface area contributed by atoms with Gasteiger partial charge in [-0.05, 0) is 11.6 Å². The molecule has 0 radical (unpaired) electrons. The number of rotatable bonds is 2. The first-order chi connectivity index (χ1) is 7.27. The van der Waals surface area contributed by atoms with Gasteiger partial charge in [-0.25, -0.2) is 4.98 Å². The number of aromatic nitrogens is 1. The third-order valence-electron chi connectivity index (χ3n) is 1.52. The third kappa shape index (κ3) is 3.10. The van der Waals surface area contributed by atoms with Gasteiger partial charge in [-0.3, -0.25) is 0 Å². The van der Waals surface area contributed by atoms with Gasteiger partial charge in [-0.2, -0.15) is 0 Å². The Morgan fingerprint density at radius 3 is 3.13 bits per heavy atom. The minimum atomic E-state index is 0.127. The monoisotopic (exact) mass is 203 g/mol. The predicted octanol–water partition coefficient (Wildman–Crippen LogP) is 1.33. The molecule has 1 aromatic rings. The third-order valence-corrected chi connectivity index (χ3v) is 1.52. The molecule has 1 heterocycles. The number of hydrogen-bond acceptors (Lipinski definition) is 4. The Bertz CT molecular complexity index is 453. The quantitative estimate of drug-likeness (QED) is 0.340. The van der Waals surface area contributed by atoms with Crippen LogP contribution < -0.4 is 10.5 Å². The Morgan fingerprint density at radius 2 is 2.53 bits per heavy atom. The van der Waals surface area contributed by atoms with Crippen molar-refractivity contribution in [2.45, 2.75) is 0 Å². The fourth-order valence-electron chi connectivity index (χ4n) is 0.917. The van der Waals surface area contributed by atoms with Gasteiger partial charge in [0.15, 0.2) is 0 Å². The van der Waals surface area contributed by atoms with E-state index in [9.17, 15) is 0 Å². The molecule has 0 saturated carbocycles. The molecule has 6 heteroatoms. The van der Waals surface area contributed by atoms with Crippen molar-refractivity contribution in [2.24, 2.45) is 5.11 Å². The summed E-state index contributed by atoms with van der Waals surface area (Å²) in [6.45, 7) is 0.127. The van der Waals surface area contributed by atoms with Crippen LogP contribution in [-0.4, -0.2) is 18.6 Å². The molecule has 1 aromatic heterocycles. The van der Waals surface area contributed by atoms with Crippen molar-refractivity contribution in [2.75, 3.05) is 19.4 Å². The van der Waals surface area contributed by atoms with Crippen LogP contribution in [0.2, 0.25) is 0 Å². The topological polar surface area (TPSA) is 96.9 Å².